The topological polar surface area (TPSA) is 91.7 Å². The van der Waals surface area contributed by atoms with Crippen LogP contribution in [-0.2, 0) is 4.74 Å². The minimum atomic E-state index is -1.06. The van der Waals surface area contributed by atoms with Gasteiger partial charge in [0.25, 0.3) is 0 Å². The van der Waals surface area contributed by atoms with Crippen LogP contribution in [0.3, 0.4) is 0 Å². The standard InChI is InChI=1S/C12H18N2O4/c1-12(2,18-7-6-15)8-13-10-5-3-4-9(14-10)11(16)17/h3-5,15H,6-8H2,1-2H3,(H,13,14)(H,16,17). The van der Waals surface area contributed by atoms with E-state index in [2.05, 4.69) is 10.3 Å². The summed E-state index contributed by atoms with van der Waals surface area (Å²) in [6.45, 7) is 4.43. The molecule has 6 heteroatoms. The molecule has 6 nitrogen and oxygen atoms in total. The van der Waals surface area contributed by atoms with Gasteiger partial charge in [0.2, 0.25) is 0 Å². The largest absolute Gasteiger partial charge is 0.477 e. The lowest BCUT2D eigenvalue weighted by atomic mass is 10.1. The number of carboxylic acid groups (broad SMARTS) is 1. The van der Waals surface area contributed by atoms with Crippen molar-refractivity contribution in [2.24, 2.45) is 0 Å². The molecule has 0 atom stereocenters. The number of aliphatic hydroxyl groups excluding tert-OH is 1. The maximum Gasteiger partial charge on any atom is 0.354 e. The third kappa shape index (κ3) is 4.68. The quantitative estimate of drug-likeness (QED) is 0.671. The number of ether oxygens (including phenoxy) is 1. The predicted molar refractivity (Wildman–Crippen MR) is 66.8 cm³/mol. The molecule has 0 aliphatic heterocycles. The van der Waals surface area contributed by atoms with Crippen LogP contribution in [0.25, 0.3) is 0 Å². The number of anilines is 1. The molecule has 0 radical (unpaired) electrons. The number of aliphatic hydroxyl groups is 1. The Hall–Kier alpha value is -1.66. The van der Waals surface area contributed by atoms with Gasteiger partial charge in [-0.05, 0) is 26.0 Å². The van der Waals surface area contributed by atoms with E-state index in [0.29, 0.717) is 12.4 Å². The van der Waals surface area contributed by atoms with Crippen molar-refractivity contribution in [3.8, 4) is 0 Å². The third-order valence-corrected chi connectivity index (χ3v) is 2.25. The van der Waals surface area contributed by atoms with Crippen molar-refractivity contribution in [1.29, 1.82) is 0 Å². The molecule has 0 unspecified atom stereocenters. The number of rotatable bonds is 7. The first-order valence-corrected chi connectivity index (χ1v) is 5.64. The fourth-order valence-corrected chi connectivity index (χ4v) is 1.33. The molecule has 0 bridgehead atoms. The van der Waals surface area contributed by atoms with Gasteiger partial charge in [-0.2, -0.15) is 0 Å². The number of carbonyl (C=O) groups is 1. The van der Waals surface area contributed by atoms with Crippen LogP contribution in [0.2, 0.25) is 0 Å². The predicted octanol–water partition coefficient (Wildman–Crippen LogP) is 0.979. The van der Waals surface area contributed by atoms with Gasteiger partial charge >= 0.3 is 5.97 Å². The first-order valence-electron chi connectivity index (χ1n) is 5.64. The molecule has 1 rings (SSSR count). The van der Waals surface area contributed by atoms with Crippen LogP contribution in [-0.4, -0.2) is 46.5 Å². The summed E-state index contributed by atoms with van der Waals surface area (Å²) in [5.74, 6) is -0.579. The van der Waals surface area contributed by atoms with E-state index in [1.165, 1.54) is 6.07 Å². The van der Waals surface area contributed by atoms with Crippen LogP contribution in [0.5, 0.6) is 0 Å². The monoisotopic (exact) mass is 254 g/mol. The molecule has 0 saturated heterocycles. The molecular formula is C12H18N2O4. The zero-order valence-electron chi connectivity index (χ0n) is 10.5. The number of aromatic nitrogens is 1. The second-order valence-electron chi connectivity index (χ2n) is 4.40. The molecule has 3 N–H and O–H groups in total. The Bertz CT molecular complexity index is 407. The molecule has 1 aromatic rings. The summed E-state index contributed by atoms with van der Waals surface area (Å²) in [7, 11) is 0. The molecule has 18 heavy (non-hydrogen) atoms. The van der Waals surface area contributed by atoms with Crippen molar-refractivity contribution in [3.05, 3.63) is 23.9 Å². The van der Waals surface area contributed by atoms with E-state index in [-0.39, 0.29) is 18.9 Å². The SMILES string of the molecule is CC(C)(CNc1cccc(C(=O)O)n1)OCCO. The smallest absolute Gasteiger partial charge is 0.354 e. The molecular weight excluding hydrogens is 236 g/mol. The molecule has 0 aliphatic rings. The van der Waals surface area contributed by atoms with Crippen molar-refractivity contribution >= 4 is 11.8 Å². The van der Waals surface area contributed by atoms with Crippen molar-refractivity contribution in [3.63, 3.8) is 0 Å². The minimum Gasteiger partial charge on any atom is -0.477 e. The summed E-state index contributed by atoms with van der Waals surface area (Å²) in [6, 6.07) is 4.75. The van der Waals surface area contributed by atoms with Crippen molar-refractivity contribution in [2.75, 3.05) is 25.1 Å². The van der Waals surface area contributed by atoms with Crippen LogP contribution in [0, 0.1) is 0 Å². The van der Waals surface area contributed by atoms with Crippen LogP contribution >= 0.6 is 0 Å². The lowest BCUT2D eigenvalue weighted by molar-refractivity contribution is -0.0237. The lowest BCUT2D eigenvalue weighted by Gasteiger charge is -2.25. The highest BCUT2D eigenvalue weighted by molar-refractivity contribution is 5.85. The average Bonchev–Trinajstić information content (AvgIpc) is 2.34. The molecule has 1 aromatic heterocycles. The molecule has 1 heterocycles. The number of carboxylic acids is 1. The zero-order chi connectivity index (χ0) is 13.6. The fourth-order valence-electron chi connectivity index (χ4n) is 1.33. The van der Waals surface area contributed by atoms with Crippen molar-refractivity contribution < 1.29 is 19.7 Å². The highest BCUT2D eigenvalue weighted by Gasteiger charge is 2.18. The van der Waals surface area contributed by atoms with E-state index in [1.807, 2.05) is 13.8 Å². The van der Waals surface area contributed by atoms with E-state index in [1.54, 1.807) is 12.1 Å². The molecule has 0 saturated carbocycles. The Morgan fingerprint density at radius 2 is 2.22 bits per heavy atom. The summed E-state index contributed by atoms with van der Waals surface area (Å²) < 4.78 is 5.42. The Balaban J connectivity index is 2.57. The van der Waals surface area contributed by atoms with Crippen LogP contribution in [0.15, 0.2) is 18.2 Å². The van der Waals surface area contributed by atoms with Gasteiger partial charge in [-0.25, -0.2) is 9.78 Å². The molecule has 0 spiro atoms. The van der Waals surface area contributed by atoms with E-state index < -0.39 is 11.6 Å². The third-order valence-electron chi connectivity index (χ3n) is 2.25. The number of aromatic carboxylic acids is 1. The maximum atomic E-state index is 10.8. The zero-order valence-corrected chi connectivity index (χ0v) is 10.5. The Morgan fingerprint density at radius 1 is 1.50 bits per heavy atom. The summed E-state index contributed by atoms with van der Waals surface area (Å²) in [5, 5.41) is 20.5. The first-order chi connectivity index (χ1) is 8.44. The van der Waals surface area contributed by atoms with Gasteiger partial charge in [-0.15, -0.1) is 0 Å². The van der Waals surface area contributed by atoms with Crippen LogP contribution in [0.1, 0.15) is 24.3 Å². The number of pyridine rings is 1. The maximum absolute atomic E-state index is 10.8. The van der Waals surface area contributed by atoms with E-state index >= 15 is 0 Å². The number of nitrogens with zero attached hydrogens (tertiary/aromatic N) is 1. The van der Waals surface area contributed by atoms with E-state index in [9.17, 15) is 4.79 Å². The summed E-state index contributed by atoms with van der Waals surface area (Å²) >= 11 is 0. The van der Waals surface area contributed by atoms with Gasteiger partial charge in [0.05, 0.1) is 18.8 Å². The van der Waals surface area contributed by atoms with Gasteiger partial charge in [-0.3, -0.25) is 0 Å². The first kappa shape index (κ1) is 14.4. The van der Waals surface area contributed by atoms with Crippen molar-refractivity contribution in [2.45, 2.75) is 19.4 Å². The van der Waals surface area contributed by atoms with E-state index in [0.717, 1.165) is 0 Å². The Labute approximate surface area is 106 Å². The minimum absolute atomic E-state index is 0.00548. The summed E-state index contributed by atoms with van der Waals surface area (Å²) in [6.07, 6.45) is 0. The van der Waals surface area contributed by atoms with Gasteiger partial charge in [-0.1, -0.05) is 6.07 Å². The second kappa shape index (κ2) is 6.32. The number of hydrogen-bond acceptors (Lipinski definition) is 5. The van der Waals surface area contributed by atoms with Gasteiger partial charge in [0, 0.05) is 6.54 Å². The molecule has 0 aromatic carbocycles. The second-order valence-corrected chi connectivity index (χ2v) is 4.40. The highest BCUT2D eigenvalue weighted by Crippen LogP contribution is 2.11. The van der Waals surface area contributed by atoms with Crippen LogP contribution < -0.4 is 5.32 Å². The average molecular weight is 254 g/mol. The fraction of sp³-hybridized carbons (Fsp3) is 0.500. The van der Waals surface area contributed by atoms with Gasteiger partial charge in [0.15, 0.2) is 5.69 Å². The molecule has 0 amide bonds. The molecule has 100 valence electrons. The Morgan fingerprint density at radius 3 is 2.83 bits per heavy atom. The lowest BCUT2D eigenvalue weighted by Crippen LogP contribution is -2.34. The summed E-state index contributed by atoms with van der Waals surface area (Å²) in [5.41, 5.74) is -0.474. The van der Waals surface area contributed by atoms with Crippen LogP contribution in [0.4, 0.5) is 5.82 Å². The molecule has 0 fully saturated rings. The number of hydrogen-bond donors (Lipinski definition) is 3. The van der Waals surface area contributed by atoms with Gasteiger partial charge in [0.1, 0.15) is 5.82 Å². The van der Waals surface area contributed by atoms with Crippen molar-refractivity contribution in [1.82, 2.24) is 4.98 Å². The molecule has 0 aliphatic carbocycles. The number of nitrogens with one attached hydrogen (secondary N) is 1. The summed E-state index contributed by atoms with van der Waals surface area (Å²) in [4.78, 5) is 14.7. The van der Waals surface area contributed by atoms with Gasteiger partial charge < -0.3 is 20.3 Å². The highest BCUT2D eigenvalue weighted by atomic mass is 16.5. The Kier molecular flexibility index (Phi) is 5.06. The normalized spacial score (nSPS) is 11.3. The van der Waals surface area contributed by atoms with E-state index in [4.69, 9.17) is 14.9 Å².